The monoisotopic (exact) mass is 486 g/mol. The third-order valence-electron chi connectivity index (χ3n) is 6.15. The predicted octanol–water partition coefficient (Wildman–Crippen LogP) is 5.92. The van der Waals surface area contributed by atoms with Crippen molar-refractivity contribution in [2.75, 3.05) is 19.5 Å². The molecule has 0 aliphatic heterocycles. The SMILES string of the molecule is COC(=O)c1ccc2c(c1)CCCC2c1ncc(-c2cc(C)cc(Nc3cc(OC)ccn3)n2)s1. The fourth-order valence-corrected chi connectivity index (χ4v) is 5.51. The van der Waals surface area contributed by atoms with E-state index >= 15 is 0 Å². The molecule has 0 fully saturated rings. The molecule has 35 heavy (non-hydrogen) atoms. The Balaban J connectivity index is 1.42. The zero-order valence-corrected chi connectivity index (χ0v) is 20.7. The topological polar surface area (TPSA) is 86.2 Å². The van der Waals surface area contributed by atoms with Gasteiger partial charge in [-0.15, -0.1) is 11.3 Å². The number of aromatic nitrogens is 3. The largest absolute Gasteiger partial charge is 0.497 e. The van der Waals surface area contributed by atoms with E-state index in [-0.39, 0.29) is 11.9 Å². The van der Waals surface area contributed by atoms with Gasteiger partial charge in [0.05, 0.1) is 30.4 Å². The lowest BCUT2D eigenvalue weighted by Crippen LogP contribution is -2.12. The summed E-state index contributed by atoms with van der Waals surface area (Å²) in [6.07, 6.45) is 6.66. The number of nitrogens with zero attached hydrogens (tertiary/aromatic N) is 3. The summed E-state index contributed by atoms with van der Waals surface area (Å²) in [5.41, 5.74) is 5.01. The van der Waals surface area contributed by atoms with Gasteiger partial charge in [-0.25, -0.2) is 19.7 Å². The van der Waals surface area contributed by atoms with E-state index < -0.39 is 0 Å². The average molecular weight is 487 g/mol. The number of hydrogen-bond donors (Lipinski definition) is 1. The van der Waals surface area contributed by atoms with Crippen LogP contribution in [0.5, 0.6) is 5.75 Å². The number of anilines is 2. The van der Waals surface area contributed by atoms with E-state index in [2.05, 4.69) is 22.4 Å². The second kappa shape index (κ2) is 9.84. The van der Waals surface area contributed by atoms with E-state index in [0.717, 1.165) is 46.2 Å². The first kappa shape index (κ1) is 23.0. The van der Waals surface area contributed by atoms with E-state index in [1.54, 1.807) is 30.7 Å². The van der Waals surface area contributed by atoms with E-state index in [4.69, 9.17) is 19.4 Å². The summed E-state index contributed by atoms with van der Waals surface area (Å²) < 4.78 is 10.2. The molecular weight excluding hydrogens is 460 g/mol. The van der Waals surface area contributed by atoms with E-state index in [1.807, 2.05) is 37.4 Å². The number of hydrogen-bond acceptors (Lipinski definition) is 8. The van der Waals surface area contributed by atoms with Crippen LogP contribution in [0, 0.1) is 6.92 Å². The molecule has 1 N–H and O–H groups in total. The molecule has 0 saturated carbocycles. The number of ether oxygens (including phenoxy) is 2. The van der Waals surface area contributed by atoms with Crippen LogP contribution in [0.4, 0.5) is 11.6 Å². The van der Waals surface area contributed by atoms with Gasteiger partial charge in [-0.2, -0.15) is 0 Å². The summed E-state index contributed by atoms with van der Waals surface area (Å²) in [6.45, 7) is 2.05. The fourth-order valence-electron chi connectivity index (χ4n) is 4.48. The fraction of sp³-hybridized carbons (Fsp3) is 0.259. The zero-order chi connectivity index (χ0) is 24.4. The van der Waals surface area contributed by atoms with E-state index in [1.165, 1.54) is 18.2 Å². The lowest BCUT2D eigenvalue weighted by Gasteiger charge is -2.24. The van der Waals surface area contributed by atoms with Crippen molar-refractivity contribution in [1.29, 1.82) is 0 Å². The van der Waals surface area contributed by atoms with E-state index in [0.29, 0.717) is 17.2 Å². The number of benzene rings is 1. The summed E-state index contributed by atoms with van der Waals surface area (Å²) in [4.78, 5) is 26.9. The Kier molecular flexibility index (Phi) is 6.46. The van der Waals surface area contributed by atoms with Gasteiger partial charge < -0.3 is 14.8 Å². The van der Waals surface area contributed by atoms with Gasteiger partial charge in [0.2, 0.25) is 0 Å². The van der Waals surface area contributed by atoms with Crippen LogP contribution >= 0.6 is 11.3 Å². The molecule has 1 aromatic carbocycles. The highest BCUT2D eigenvalue weighted by molar-refractivity contribution is 7.15. The maximum atomic E-state index is 12.0. The smallest absolute Gasteiger partial charge is 0.337 e. The van der Waals surface area contributed by atoms with Crippen LogP contribution in [0.25, 0.3) is 10.6 Å². The first-order valence-electron chi connectivity index (χ1n) is 11.5. The molecule has 5 rings (SSSR count). The molecule has 1 atom stereocenters. The molecule has 0 radical (unpaired) electrons. The van der Waals surface area contributed by atoms with E-state index in [9.17, 15) is 4.79 Å². The van der Waals surface area contributed by atoms with Crippen LogP contribution in [-0.2, 0) is 11.2 Å². The maximum Gasteiger partial charge on any atom is 0.337 e. The van der Waals surface area contributed by atoms with Gasteiger partial charge in [0, 0.05) is 24.4 Å². The molecule has 8 heteroatoms. The Hall–Kier alpha value is -3.78. The standard InChI is InChI=1S/C27H26N4O3S/c1-16-11-22(30-25(12-16)31-24-14-19(33-2)9-10-28-24)23-15-29-26(35-23)21-6-4-5-17-13-18(27(32)34-3)7-8-20(17)21/h7-15,21H,4-6H2,1-3H3,(H,28,30,31). The number of esters is 1. The number of carbonyl (C=O) groups is 1. The number of nitrogens with one attached hydrogen (secondary N) is 1. The molecule has 1 aliphatic carbocycles. The number of thiazole rings is 1. The van der Waals surface area contributed by atoms with Crippen LogP contribution < -0.4 is 10.1 Å². The number of rotatable bonds is 6. The molecular formula is C27H26N4O3S. The van der Waals surface area contributed by atoms with Crippen LogP contribution in [0.2, 0.25) is 0 Å². The minimum absolute atomic E-state index is 0.215. The predicted molar refractivity (Wildman–Crippen MR) is 137 cm³/mol. The molecule has 1 unspecified atom stereocenters. The Morgan fingerprint density at radius 2 is 1.97 bits per heavy atom. The van der Waals surface area contributed by atoms with Crippen molar-refractivity contribution < 1.29 is 14.3 Å². The lowest BCUT2D eigenvalue weighted by molar-refractivity contribution is 0.0600. The van der Waals surface area contributed by atoms with Crippen LogP contribution in [0.3, 0.4) is 0 Å². The van der Waals surface area contributed by atoms with Crippen molar-refractivity contribution in [3.63, 3.8) is 0 Å². The van der Waals surface area contributed by atoms with Crippen LogP contribution in [0.15, 0.2) is 54.9 Å². The summed E-state index contributed by atoms with van der Waals surface area (Å²) >= 11 is 1.67. The third-order valence-corrected chi connectivity index (χ3v) is 7.28. The molecule has 0 saturated heterocycles. The molecule has 0 spiro atoms. The molecule has 1 aliphatic rings. The van der Waals surface area contributed by atoms with Crippen molar-refractivity contribution in [3.8, 4) is 16.3 Å². The van der Waals surface area contributed by atoms with Gasteiger partial charge in [0.1, 0.15) is 22.4 Å². The molecule has 178 valence electrons. The minimum atomic E-state index is -0.300. The summed E-state index contributed by atoms with van der Waals surface area (Å²) in [6, 6.07) is 13.6. The summed E-state index contributed by atoms with van der Waals surface area (Å²) in [5.74, 6) is 2.03. The van der Waals surface area contributed by atoms with Crippen molar-refractivity contribution >= 4 is 28.9 Å². The first-order valence-corrected chi connectivity index (χ1v) is 12.3. The van der Waals surface area contributed by atoms with Gasteiger partial charge >= 0.3 is 5.97 Å². The Labute approximate surface area is 208 Å². The number of aryl methyl sites for hydroxylation is 2. The molecule has 3 aromatic heterocycles. The quantitative estimate of drug-likeness (QED) is 0.339. The second-order valence-electron chi connectivity index (χ2n) is 8.53. The Morgan fingerprint density at radius 3 is 2.80 bits per heavy atom. The third kappa shape index (κ3) is 4.88. The van der Waals surface area contributed by atoms with Crippen molar-refractivity contribution in [1.82, 2.24) is 15.0 Å². The molecule has 0 bridgehead atoms. The van der Waals surface area contributed by atoms with Crippen molar-refractivity contribution in [2.24, 2.45) is 0 Å². The molecule has 4 aromatic rings. The number of pyridine rings is 2. The van der Waals surface area contributed by atoms with Gasteiger partial charge in [-0.1, -0.05) is 6.07 Å². The first-order chi connectivity index (χ1) is 17.0. The Morgan fingerprint density at radius 1 is 1.09 bits per heavy atom. The maximum absolute atomic E-state index is 12.0. The Bertz CT molecular complexity index is 1380. The summed E-state index contributed by atoms with van der Waals surface area (Å²) in [7, 11) is 3.04. The number of carbonyl (C=O) groups excluding carboxylic acids is 1. The zero-order valence-electron chi connectivity index (χ0n) is 19.9. The highest BCUT2D eigenvalue weighted by Gasteiger charge is 2.26. The van der Waals surface area contributed by atoms with Gasteiger partial charge in [0.15, 0.2) is 0 Å². The normalized spacial score (nSPS) is 14.8. The minimum Gasteiger partial charge on any atom is -0.497 e. The lowest BCUT2D eigenvalue weighted by atomic mass is 9.82. The highest BCUT2D eigenvalue weighted by Crippen LogP contribution is 2.40. The average Bonchev–Trinajstić information content (AvgIpc) is 3.37. The van der Waals surface area contributed by atoms with Crippen molar-refractivity contribution in [2.45, 2.75) is 32.1 Å². The number of methoxy groups -OCH3 is 2. The second-order valence-corrected chi connectivity index (χ2v) is 9.60. The van der Waals surface area contributed by atoms with Crippen molar-refractivity contribution in [3.05, 3.63) is 82.1 Å². The van der Waals surface area contributed by atoms with Gasteiger partial charge in [-0.3, -0.25) is 0 Å². The molecule has 3 heterocycles. The molecule has 0 amide bonds. The highest BCUT2D eigenvalue weighted by atomic mass is 32.1. The van der Waals surface area contributed by atoms with Crippen LogP contribution in [0.1, 0.15) is 50.8 Å². The van der Waals surface area contributed by atoms with Gasteiger partial charge in [-0.05, 0) is 73.2 Å². The van der Waals surface area contributed by atoms with Crippen LogP contribution in [-0.4, -0.2) is 35.1 Å². The number of fused-ring (bicyclic) bond motifs is 1. The van der Waals surface area contributed by atoms with Gasteiger partial charge in [0.25, 0.3) is 0 Å². The molecule has 7 nitrogen and oxygen atoms in total. The summed E-state index contributed by atoms with van der Waals surface area (Å²) in [5, 5.41) is 4.34.